The molecule has 8 rings (SSSR count). The van der Waals surface area contributed by atoms with Gasteiger partial charge in [0.25, 0.3) is 0 Å². The Morgan fingerprint density at radius 2 is 0.676 bits per heavy atom. The topological polar surface area (TPSA) is 116 Å². The lowest BCUT2D eigenvalue weighted by atomic mass is 9.84. The molecule has 0 radical (unpaired) electrons. The van der Waals surface area contributed by atoms with Crippen molar-refractivity contribution in [3.63, 3.8) is 0 Å². The Labute approximate surface area is 433 Å². The van der Waals surface area contributed by atoms with Gasteiger partial charge < -0.3 is 20.8 Å². The van der Waals surface area contributed by atoms with Crippen LogP contribution in [0, 0.1) is 0 Å². The van der Waals surface area contributed by atoms with Crippen LogP contribution in [0.5, 0.6) is 11.5 Å². The molecule has 2 aliphatic rings. The summed E-state index contributed by atoms with van der Waals surface area (Å²) in [7, 11) is 0. The van der Waals surface area contributed by atoms with Crippen LogP contribution in [-0.4, -0.2) is 30.1 Å². The predicted octanol–water partition coefficient (Wildman–Crippen LogP) is 18.1. The Bertz CT molecular complexity index is 2670. The van der Waals surface area contributed by atoms with Crippen LogP contribution in [0.25, 0.3) is 0 Å². The Kier molecular flexibility index (Phi) is 18.1. The molecule has 2 aliphatic carbocycles. The van der Waals surface area contributed by atoms with Crippen LogP contribution in [0.4, 0.5) is 23.3 Å². The van der Waals surface area contributed by atoms with Crippen LogP contribution in [0.15, 0.2) is 85.5 Å². The zero-order valence-electron chi connectivity index (χ0n) is 41.0. The van der Waals surface area contributed by atoms with Crippen molar-refractivity contribution in [1.29, 1.82) is 0 Å². The maximum atomic E-state index is 9.87. The summed E-state index contributed by atoms with van der Waals surface area (Å²) in [5, 5.41) is 29.4. The first-order chi connectivity index (χ1) is 31.5. The molecule has 0 saturated heterocycles. The number of nitrogens with one attached hydrogen (secondary N) is 2. The van der Waals surface area contributed by atoms with Crippen molar-refractivity contribution in [3.8, 4) is 11.5 Å². The first-order valence-electron chi connectivity index (χ1n) is 22.7. The Morgan fingerprint density at radius 1 is 0.397 bits per heavy atom. The third-order valence-electron chi connectivity index (χ3n) is 11.2. The Hall–Kier alpha value is -4.02. The van der Waals surface area contributed by atoms with Crippen LogP contribution in [0.2, 0.25) is 30.1 Å². The van der Waals surface area contributed by atoms with Crippen LogP contribution >= 0.6 is 69.6 Å². The molecule has 8 nitrogen and oxygen atoms in total. The molecule has 0 spiro atoms. The molecule has 6 aromatic rings. The van der Waals surface area contributed by atoms with E-state index in [0.29, 0.717) is 54.6 Å². The molecule has 364 valence electrons. The van der Waals surface area contributed by atoms with Gasteiger partial charge in [-0.15, -0.1) is 0 Å². The van der Waals surface area contributed by atoms with E-state index in [4.69, 9.17) is 69.6 Å². The van der Waals surface area contributed by atoms with E-state index < -0.39 is 0 Å². The quantitative estimate of drug-likeness (QED) is 0.130. The van der Waals surface area contributed by atoms with Gasteiger partial charge in [0, 0.05) is 57.8 Å². The number of nitrogens with zero attached hydrogens (tertiary/aromatic N) is 4. The second-order valence-corrected chi connectivity index (χ2v) is 23.8. The van der Waals surface area contributed by atoms with Gasteiger partial charge in [0.1, 0.15) is 11.5 Å². The minimum absolute atomic E-state index is 0.0295. The molecule has 2 aromatic heterocycles. The van der Waals surface area contributed by atoms with Gasteiger partial charge in [0.15, 0.2) is 0 Å². The molecule has 0 atom stereocenters. The molecule has 0 unspecified atom stereocenters. The Morgan fingerprint density at radius 3 is 1.06 bits per heavy atom. The number of phenolic OH excluding ortho intramolecular Hbond substituents is 2. The number of phenols is 2. The Balaban J connectivity index is 0.000000172. The van der Waals surface area contributed by atoms with Gasteiger partial charge in [0.2, 0.25) is 11.9 Å². The smallest absolute Gasteiger partial charge is 0.227 e. The van der Waals surface area contributed by atoms with E-state index in [9.17, 15) is 10.2 Å². The monoisotopic (exact) mass is 1040 g/mol. The average molecular weight is 1040 g/mol. The predicted molar refractivity (Wildman–Crippen MR) is 289 cm³/mol. The van der Waals surface area contributed by atoms with Crippen molar-refractivity contribution in [1.82, 2.24) is 19.9 Å². The van der Waals surface area contributed by atoms with Gasteiger partial charge in [-0.25, -0.2) is 19.9 Å². The molecule has 2 saturated carbocycles. The lowest BCUT2D eigenvalue weighted by Gasteiger charge is -2.25. The van der Waals surface area contributed by atoms with Crippen molar-refractivity contribution < 1.29 is 10.2 Å². The van der Waals surface area contributed by atoms with Gasteiger partial charge in [-0.3, -0.25) is 0 Å². The van der Waals surface area contributed by atoms with E-state index in [0.717, 1.165) is 33.1 Å². The maximum Gasteiger partial charge on any atom is 0.227 e. The molecule has 0 aliphatic heterocycles. The zero-order chi connectivity index (χ0) is 50.5. The summed E-state index contributed by atoms with van der Waals surface area (Å²) in [6.45, 7) is 25.3. The minimum atomic E-state index is -0.127. The van der Waals surface area contributed by atoms with Gasteiger partial charge >= 0.3 is 0 Å². The SMILES string of the molecule is CC(C)(C)c1cc(C2CC2)c(Cl)cc1Nc1ncccn1.CC(C)(C)c1cc(C2CC2)c(Cl)cc1O.CC(C)(C)c1cc(Cl)c(Cl)cc1Nc1ncccn1.CC(C)(C)c1cc(Cl)c(Cl)cc1O. The highest BCUT2D eigenvalue weighted by atomic mass is 35.5. The van der Waals surface area contributed by atoms with Gasteiger partial charge in [0.05, 0.1) is 20.1 Å². The van der Waals surface area contributed by atoms with Crippen LogP contribution in [0.3, 0.4) is 0 Å². The van der Waals surface area contributed by atoms with Crippen molar-refractivity contribution in [2.24, 2.45) is 0 Å². The standard InChI is InChI=1S/C17H20ClN3.C14H15Cl2N3.C13H17ClO.C10H12Cl2O/c1-17(2,3)13-9-12(11-5-6-11)14(18)10-15(13)21-16-19-7-4-8-20-16;1-14(2,3)9-7-10(15)11(16)8-12(9)19-13-17-5-4-6-18-13;1-13(2,3)10-6-9(8-4-5-8)11(14)7-12(10)15;1-10(2,3)6-4-7(11)8(12)5-9(6)13/h4,7-11H,5-6H2,1-3H3,(H,19,20,21);4-8H,1-3H3,(H,17,18,19);6-8,15H,4-5H2,1-3H3;4-5,13H,1-3H3. The van der Waals surface area contributed by atoms with E-state index >= 15 is 0 Å². The van der Waals surface area contributed by atoms with Gasteiger partial charge in [-0.2, -0.15) is 0 Å². The molecule has 68 heavy (non-hydrogen) atoms. The van der Waals surface area contributed by atoms with E-state index in [1.807, 2.05) is 32.9 Å². The maximum absolute atomic E-state index is 9.87. The summed E-state index contributed by atoms with van der Waals surface area (Å²) >= 11 is 36.4. The van der Waals surface area contributed by atoms with Crippen molar-refractivity contribution >= 4 is 92.9 Å². The summed E-state index contributed by atoms with van der Waals surface area (Å²) < 4.78 is 0. The van der Waals surface area contributed by atoms with E-state index in [1.54, 1.807) is 55.1 Å². The molecule has 0 amide bonds. The zero-order valence-corrected chi connectivity index (χ0v) is 45.6. The summed E-state index contributed by atoms with van der Waals surface area (Å²) in [5.74, 6) is 2.91. The summed E-state index contributed by atoms with van der Waals surface area (Å²) in [6.07, 6.45) is 11.8. The second kappa shape index (κ2) is 22.4. The fourth-order valence-electron chi connectivity index (χ4n) is 7.28. The fraction of sp³-hybridized carbons (Fsp3) is 0.407. The van der Waals surface area contributed by atoms with Crippen LogP contribution < -0.4 is 10.6 Å². The first-order valence-corrected chi connectivity index (χ1v) is 24.9. The van der Waals surface area contributed by atoms with Crippen molar-refractivity contribution in [3.05, 3.63) is 149 Å². The molecular weight excluding hydrogens is 977 g/mol. The van der Waals surface area contributed by atoms with Gasteiger partial charge in [-0.05, 0) is 136 Å². The summed E-state index contributed by atoms with van der Waals surface area (Å²) in [5.41, 5.74) is 8.27. The number of aromatic hydroxyl groups is 2. The number of aromatic nitrogens is 4. The number of anilines is 4. The van der Waals surface area contributed by atoms with E-state index in [-0.39, 0.29) is 27.4 Å². The summed E-state index contributed by atoms with van der Waals surface area (Å²) in [4.78, 5) is 16.8. The third kappa shape index (κ3) is 15.5. The number of hydrogen-bond donors (Lipinski definition) is 4. The molecule has 2 heterocycles. The molecular formula is C54H64Cl6N6O2. The van der Waals surface area contributed by atoms with E-state index in [2.05, 4.69) is 105 Å². The highest BCUT2D eigenvalue weighted by Gasteiger charge is 2.31. The van der Waals surface area contributed by atoms with Crippen molar-refractivity contribution in [2.45, 2.75) is 142 Å². The molecule has 14 heteroatoms. The molecule has 4 aromatic carbocycles. The number of hydrogen-bond acceptors (Lipinski definition) is 8. The lowest BCUT2D eigenvalue weighted by molar-refractivity contribution is 0.446. The van der Waals surface area contributed by atoms with E-state index in [1.165, 1.54) is 48.4 Å². The highest BCUT2D eigenvalue weighted by Crippen LogP contribution is 2.48. The third-order valence-corrected chi connectivity index (χ3v) is 13.3. The molecule has 2 fully saturated rings. The normalized spacial score (nSPS) is 13.8. The number of halogens is 6. The number of rotatable bonds is 6. The van der Waals surface area contributed by atoms with Gasteiger partial charge in [-0.1, -0.05) is 159 Å². The first kappa shape index (κ1) is 54.9. The second-order valence-electron chi connectivity index (χ2n) is 21.3. The highest BCUT2D eigenvalue weighted by molar-refractivity contribution is 6.42. The molecule has 4 N–H and O–H groups in total. The van der Waals surface area contributed by atoms with Crippen LogP contribution in [0.1, 0.15) is 154 Å². The summed E-state index contributed by atoms with van der Waals surface area (Å²) in [6, 6.07) is 18.5. The molecule has 0 bridgehead atoms. The lowest BCUT2D eigenvalue weighted by Crippen LogP contribution is -2.15. The fourth-order valence-corrected chi connectivity index (χ4v) is 8.56. The number of benzene rings is 4. The largest absolute Gasteiger partial charge is 0.508 e. The van der Waals surface area contributed by atoms with Crippen LogP contribution in [-0.2, 0) is 21.7 Å². The van der Waals surface area contributed by atoms with Crippen molar-refractivity contribution in [2.75, 3.05) is 10.6 Å². The minimum Gasteiger partial charge on any atom is -0.508 e. The average Bonchev–Trinajstić information content (AvgIpc) is 4.17.